The highest BCUT2D eigenvalue weighted by atomic mass is 32.1. The highest BCUT2D eigenvalue weighted by Crippen LogP contribution is 2.31. The third-order valence-corrected chi connectivity index (χ3v) is 6.51. The largest absolute Gasteiger partial charge is 0.475 e. The molecule has 2 N–H and O–H groups in total. The van der Waals surface area contributed by atoms with Gasteiger partial charge in [0.2, 0.25) is 11.8 Å². The van der Waals surface area contributed by atoms with E-state index in [1.165, 1.54) is 6.07 Å². The summed E-state index contributed by atoms with van der Waals surface area (Å²) in [6.45, 7) is 3.34. The van der Waals surface area contributed by atoms with Gasteiger partial charge in [-0.05, 0) is 51.1 Å². The van der Waals surface area contributed by atoms with Crippen molar-refractivity contribution in [1.82, 2.24) is 10.2 Å². The van der Waals surface area contributed by atoms with Crippen LogP contribution >= 0.6 is 11.3 Å². The van der Waals surface area contributed by atoms with Crippen molar-refractivity contribution in [2.75, 3.05) is 25.0 Å². The molecule has 32 heavy (non-hydrogen) atoms. The van der Waals surface area contributed by atoms with Crippen LogP contribution in [0.3, 0.4) is 0 Å². The Labute approximate surface area is 188 Å². The summed E-state index contributed by atoms with van der Waals surface area (Å²) in [6.07, 6.45) is -3.76. The lowest BCUT2D eigenvalue weighted by molar-refractivity contribution is -0.152. The predicted molar refractivity (Wildman–Crippen MR) is 117 cm³/mol. The number of carbonyl (C=O) groups is 2. The van der Waals surface area contributed by atoms with Crippen molar-refractivity contribution in [3.05, 3.63) is 47.3 Å². The fraction of sp³-hybridized carbons (Fsp3) is 0.455. The molecule has 174 valence electrons. The highest BCUT2D eigenvalue weighted by molar-refractivity contribution is 7.13. The van der Waals surface area contributed by atoms with Gasteiger partial charge < -0.3 is 15.4 Å². The van der Waals surface area contributed by atoms with E-state index in [4.69, 9.17) is 4.74 Å². The minimum absolute atomic E-state index is 0.129. The first kappa shape index (κ1) is 24.1. The van der Waals surface area contributed by atoms with Crippen LogP contribution in [0.1, 0.15) is 31.2 Å². The molecule has 0 aliphatic carbocycles. The van der Waals surface area contributed by atoms with Gasteiger partial charge >= 0.3 is 6.18 Å². The zero-order valence-corrected chi connectivity index (χ0v) is 18.6. The van der Waals surface area contributed by atoms with Gasteiger partial charge in [0, 0.05) is 17.1 Å². The number of alkyl halides is 3. The number of thiophene rings is 1. The van der Waals surface area contributed by atoms with Crippen LogP contribution < -0.4 is 15.4 Å². The SMILES string of the molecule is CC(NC(=O)C1CCN(C(C)C(=O)Nc2ccccc2)C1)c1ccc(OCC(F)(F)F)s1. The monoisotopic (exact) mass is 469 g/mol. The number of likely N-dealkylation sites (tertiary alicyclic amines) is 1. The molecular weight excluding hydrogens is 443 g/mol. The molecule has 1 fully saturated rings. The Balaban J connectivity index is 1.48. The van der Waals surface area contributed by atoms with Crippen molar-refractivity contribution < 1.29 is 27.5 Å². The second-order valence-electron chi connectivity index (χ2n) is 7.80. The number of nitrogens with one attached hydrogen (secondary N) is 2. The summed E-state index contributed by atoms with van der Waals surface area (Å²) in [5.41, 5.74) is 0.723. The predicted octanol–water partition coefficient (Wildman–Crippen LogP) is 4.22. The quantitative estimate of drug-likeness (QED) is 0.608. The topological polar surface area (TPSA) is 70.7 Å². The van der Waals surface area contributed by atoms with Crippen LogP contribution in [-0.4, -0.2) is 48.6 Å². The third-order valence-electron chi connectivity index (χ3n) is 5.32. The number of anilines is 1. The van der Waals surface area contributed by atoms with Gasteiger partial charge in [0.15, 0.2) is 11.7 Å². The van der Waals surface area contributed by atoms with Crippen LogP contribution in [0.5, 0.6) is 5.06 Å². The zero-order chi connectivity index (χ0) is 23.3. The van der Waals surface area contributed by atoms with E-state index in [0.717, 1.165) is 17.0 Å². The highest BCUT2D eigenvalue weighted by Gasteiger charge is 2.34. The van der Waals surface area contributed by atoms with Crippen molar-refractivity contribution in [2.45, 2.75) is 38.5 Å². The Hall–Kier alpha value is -2.59. The van der Waals surface area contributed by atoms with E-state index in [1.807, 2.05) is 42.2 Å². The molecule has 2 amide bonds. The first-order chi connectivity index (χ1) is 15.1. The molecule has 10 heteroatoms. The standard InChI is InChI=1S/C22H26F3N3O3S/c1-14(18-8-9-19(32-18)31-13-22(23,24)25)26-21(30)16-10-11-28(12-16)15(2)20(29)27-17-6-4-3-5-7-17/h3-9,14-16H,10-13H2,1-2H3,(H,26,30)(H,27,29). The Morgan fingerprint density at radius 3 is 2.59 bits per heavy atom. The number of ether oxygens (including phenoxy) is 1. The number of nitrogens with zero attached hydrogens (tertiary/aromatic N) is 1. The third kappa shape index (κ3) is 6.70. The molecule has 0 radical (unpaired) electrons. The summed E-state index contributed by atoms with van der Waals surface area (Å²) in [5, 5.41) is 5.95. The molecule has 1 saturated heterocycles. The molecule has 1 aliphatic heterocycles. The zero-order valence-electron chi connectivity index (χ0n) is 17.8. The number of rotatable bonds is 8. The summed E-state index contributed by atoms with van der Waals surface area (Å²) >= 11 is 1.08. The van der Waals surface area contributed by atoms with E-state index in [0.29, 0.717) is 24.4 Å². The molecule has 1 aromatic heterocycles. The minimum Gasteiger partial charge on any atom is -0.475 e. The summed E-state index contributed by atoms with van der Waals surface area (Å²) in [6, 6.07) is 11.6. The Morgan fingerprint density at radius 2 is 1.91 bits per heavy atom. The number of hydrogen-bond acceptors (Lipinski definition) is 5. The normalized spacial score (nSPS) is 18.7. The number of hydrogen-bond donors (Lipinski definition) is 2. The van der Waals surface area contributed by atoms with Gasteiger partial charge in [-0.1, -0.05) is 18.2 Å². The van der Waals surface area contributed by atoms with Gasteiger partial charge in [0.05, 0.1) is 18.0 Å². The van der Waals surface area contributed by atoms with Crippen molar-refractivity contribution in [3.8, 4) is 5.06 Å². The van der Waals surface area contributed by atoms with E-state index in [2.05, 4.69) is 10.6 Å². The van der Waals surface area contributed by atoms with E-state index < -0.39 is 12.8 Å². The van der Waals surface area contributed by atoms with Crippen LogP contribution in [0.15, 0.2) is 42.5 Å². The summed E-state index contributed by atoms with van der Waals surface area (Å²) < 4.78 is 41.6. The fourth-order valence-corrected chi connectivity index (χ4v) is 4.35. The number of benzene rings is 1. The molecule has 2 heterocycles. The van der Waals surface area contributed by atoms with Gasteiger partial charge in [-0.25, -0.2) is 0 Å². The van der Waals surface area contributed by atoms with Crippen molar-refractivity contribution in [2.24, 2.45) is 5.92 Å². The van der Waals surface area contributed by atoms with Gasteiger partial charge in [-0.2, -0.15) is 13.2 Å². The van der Waals surface area contributed by atoms with Gasteiger partial charge in [-0.15, -0.1) is 11.3 Å². The molecule has 1 aliphatic rings. The summed E-state index contributed by atoms with van der Waals surface area (Å²) in [5.74, 6) is -0.525. The van der Waals surface area contributed by atoms with E-state index in [9.17, 15) is 22.8 Å². The molecule has 3 rings (SSSR count). The lowest BCUT2D eigenvalue weighted by atomic mass is 10.1. The summed E-state index contributed by atoms with van der Waals surface area (Å²) in [4.78, 5) is 27.9. The van der Waals surface area contributed by atoms with Crippen molar-refractivity contribution in [1.29, 1.82) is 0 Å². The Kier molecular flexibility index (Phi) is 7.78. The van der Waals surface area contributed by atoms with E-state index >= 15 is 0 Å². The van der Waals surface area contributed by atoms with Crippen LogP contribution in [0.2, 0.25) is 0 Å². The molecule has 3 unspecified atom stereocenters. The van der Waals surface area contributed by atoms with Crippen LogP contribution in [0, 0.1) is 5.92 Å². The minimum atomic E-state index is -4.40. The number of carbonyl (C=O) groups excluding carboxylic acids is 2. The average Bonchev–Trinajstić information content (AvgIpc) is 3.42. The maximum Gasteiger partial charge on any atom is 0.422 e. The maximum atomic E-state index is 12.7. The number of halogens is 3. The Bertz CT molecular complexity index is 920. The second-order valence-corrected chi connectivity index (χ2v) is 8.88. The lowest BCUT2D eigenvalue weighted by Gasteiger charge is -2.23. The Morgan fingerprint density at radius 1 is 1.19 bits per heavy atom. The van der Waals surface area contributed by atoms with Crippen LogP contribution in [0.25, 0.3) is 0 Å². The fourth-order valence-electron chi connectivity index (χ4n) is 3.49. The average molecular weight is 470 g/mol. The molecule has 2 aromatic rings. The molecule has 6 nitrogen and oxygen atoms in total. The van der Waals surface area contributed by atoms with E-state index in [-0.39, 0.29) is 34.9 Å². The molecule has 0 bridgehead atoms. The summed E-state index contributed by atoms with van der Waals surface area (Å²) in [7, 11) is 0. The van der Waals surface area contributed by atoms with Crippen molar-refractivity contribution in [3.63, 3.8) is 0 Å². The van der Waals surface area contributed by atoms with Crippen LogP contribution in [0.4, 0.5) is 18.9 Å². The molecule has 0 saturated carbocycles. The number of para-hydroxylation sites is 1. The molecular formula is C22H26F3N3O3S. The van der Waals surface area contributed by atoms with Gasteiger partial charge in [0.25, 0.3) is 0 Å². The lowest BCUT2D eigenvalue weighted by Crippen LogP contribution is -2.42. The first-order valence-electron chi connectivity index (χ1n) is 10.3. The maximum absolute atomic E-state index is 12.7. The molecule has 0 spiro atoms. The van der Waals surface area contributed by atoms with Crippen molar-refractivity contribution >= 4 is 28.8 Å². The molecule has 1 aromatic carbocycles. The number of amides is 2. The smallest absolute Gasteiger partial charge is 0.422 e. The molecule has 3 atom stereocenters. The van der Waals surface area contributed by atoms with Gasteiger partial charge in [0.1, 0.15) is 0 Å². The van der Waals surface area contributed by atoms with Crippen LogP contribution in [-0.2, 0) is 9.59 Å². The second kappa shape index (κ2) is 10.4. The van der Waals surface area contributed by atoms with Gasteiger partial charge in [-0.3, -0.25) is 14.5 Å². The first-order valence-corrected chi connectivity index (χ1v) is 11.1. The van der Waals surface area contributed by atoms with E-state index in [1.54, 1.807) is 13.0 Å².